The summed E-state index contributed by atoms with van der Waals surface area (Å²) in [5, 5.41) is 18.4. The summed E-state index contributed by atoms with van der Waals surface area (Å²) in [6.07, 6.45) is 2.36. The van der Waals surface area contributed by atoms with Gasteiger partial charge in [-0.1, -0.05) is 18.1 Å². The van der Waals surface area contributed by atoms with E-state index in [1.807, 2.05) is 47.6 Å². The van der Waals surface area contributed by atoms with E-state index < -0.39 is 6.09 Å². The van der Waals surface area contributed by atoms with Gasteiger partial charge in [-0.15, -0.1) is 0 Å². The van der Waals surface area contributed by atoms with Crippen LogP contribution in [0.5, 0.6) is 11.5 Å². The number of nitrogens with one attached hydrogen (secondary N) is 3. The van der Waals surface area contributed by atoms with Gasteiger partial charge >= 0.3 is 6.09 Å². The number of methoxy groups -OCH3 is 2. The third-order valence-corrected chi connectivity index (χ3v) is 6.46. The molecule has 0 atom stereocenters. The van der Waals surface area contributed by atoms with Gasteiger partial charge in [-0.2, -0.15) is 5.26 Å². The van der Waals surface area contributed by atoms with Crippen LogP contribution in [-0.4, -0.2) is 50.2 Å². The number of ether oxygens (including phenoxy) is 3. The monoisotopic (exact) mass is 524 g/mol. The molecule has 37 heavy (non-hydrogen) atoms. The van der Waals surface area contributed by atoms with Gasteiger partial charge in [-0.05, 0) is 59.3 Å². The minimum Gasteiger partial charge on any atom is -0.496 e. The molecule has 1 aromatic heterocycles. The van der Waals surface area contributed by atoms with Gasteiger partial charge in [0, 0.05) is 19.3 Å². The first kappa shape index (κ1) is 26.0. The van der Waals surface area contributed by atoms with Crippen molar-refractivity contribution in [3.8, 4) is 17.6 Å². The Kier molecular flexibility index (Phi) is 8.60. The third-order valence-electron chi connectivity index (χ3n) is 5.63. The number of carbonyl (C=O) groups excluding carboxylic acids is 1. The molecule has 0 fully saturated rings. The highest BCUT2D eigenvalue weighted by atomic mass is 32.2. The zero-order chi connectivity index (χ0) is 26.2. The number of anilines is 1. The number of aromatic nitrogens is 1. The van der Waals surface area contributed by atoms with Gasteiger partial charge in [-0.25, -0.2) is 10.2 Å². The second kappa shape index (κ2) is 12.2. The lowest BCUT2D eigenvalue weighted by Crippen LogP contribution is -2.29. The molecule has 4 rings (SSSR count). The van der Waals surface area contributed by atoms with E-state index in [2.05, 4.69) is 32.3 Å². The molecule has 1 amide bonds. The number of nitrogens with zero attached hydrogens (tertiary/aromatic N) is 3. The lowest BCUT2D eigenvalue weighted by Gasteiger charge is -2.16. The predicted molar refractivity (Wildman–Crippen MR) is 139 cm³/mol. The molecule has 3 aromatic rings. The average Bonchev–Trinajstić information content (AvgIpc) is 3.55. The molecule has 0 aliphatic carbocycles. The first-order valence-electron chi connectivity index (χ1n) is 11.6. The summed E-state index contributed by atoms with van der Waals surface area (Å²) in [5.74, 6) is 1.76. The molecule has 1 aliphatic heterocycles. The molecule has 0 bridgehead atoms. The maximum atomic E-state index is 11.3. The fraction of sp³-hybridized carbons (Fsp3) is 0.320. The van der Waals surface area contributed by atoms with Gasteiger partial charge in [-0.3, -0.25) is 0 Å². The number of nitriles is 1. The SMILES string of the molecule is CCc1ccc(OCC#N)c(SNc2noc3cc(CN4C=C(CNC(=O)OC)CN4)cc(OC)c23)c1. The summed E-state index contributed by atoms with van der Waals surface area (Å²) >= 11 is 1.33. The Labute approximate surface area is 218 Å². The molecular weight excluding hydrogens is 496 g/mol. The van der Waals surface area contributed by atoms with Crippen LogP contribution in [0.1, 0.15) is 18.1 Å². The number of benzene rings is 2. The van der Waals surface area contributed by atoms with Crippen molar-refractivity contribution in [2.75, 3.05) is 38.6 Å². The molecule has 2 heterocycles. The summed E-state index contributed by atoms with van der Waals surface area (Å²) in [4.78, 5) is 12.1. The van der Waals surface area contributed by atoms with Crippen LogP contribution >= 0.6 is 11.9 Å². The first-order valence-corrected chi connectivity index (χ1v) is 12.4. The van der Waals surface area contributed by atoms with Crippen LogP contribution in [0.15, 0.2) is 51.5 Å². The highest BCUT2D eigenvalue weighted by Crippen LogP contribution is 2.38. The average molecular weight is 525 g/mol. The van der Waals surface area contributed by atoms with Gasteiger partial charge in [0.2, 0.25) is 0 Å². The second-order valence-electron chi connectivity index (χ2n) is 8.08. The zero-order valence-corrected chi connectivity index (χ0v) is 21.6. The van der Waals surface area contributed by atoms with Crippen molar-refractivity contribution >= 4 is 34.8 Å². The topological polar surface area (TPSA) is 134 Å². The first-order chi connectivity index (χ1) is 18.0. The Bertz CT molecular complexity index is 1340. The van der Waals surface area contributed by atoms with Crippen molar-refractivity contribution in [2.45, 2.75) is 24.8 Å². The number of fused-ring (bicyclic) bond motifs is 1. The number of alkyl carbamates (subject to hydrolysis) is 1. The zero-order valence-electron chi connectivity index (χ0n) is 20.8. The summed E-state index contributed by atoms with van der Waals surface area (Å²) in [6.45, 7) is 3.62. The molecule has 0 saturated carbocycles. The molecular formula is C25H28N6O5S. The largest absolute Gasteiger partial charge is 0.496 e. The van der Waals surface area contributed by atoms with Crippen molar-refractivity contribution in [2.24, 2.45) is 0 Å². The predicted octanol–water partition coefficient (Wildman–Crippen LogP) is 3.98. The summed E-state index contributed by atoms with van der Waals surface area (Å²) in [7, 11) is 2.94. The van der Waals surface area contributed by atoms with Crippen LogP contribution in [0.4, 0.5) is 10.6 Å². The van der Waals surface area contributed by atoms with Gasteiger partial charge in [0.1, 0.15) is 23.0 Å². The number of rotatable bonds is 11. The molecule has 0 unspecified atom stereocenters. The van der Waals surface area contributed by atoms with Crippen LogP contribution in [-0.2, 0) is 17.7 Å². The van der Waals surface area contributed by atoms with Crippen LogP contribution in [0.3, 0.4) is 0 Å². The fourth-order valence-corrected chi connectivity index (χ4v) is 4.56. The molecule has 194 valence electrons. The number of hydrazine groups is 1. The van der Waals surface area contributed by atoms with Crippen LogP contribution in [0.2, 0.25) is 0 Å². The third kappa shape index (κ3) is 6.38. The van der Waals surface area contributed by atoms with Crippen molar-refractivity contribution < 1.29 is 23.5 Å². The Hall–Kier alpha value is -4.08. The summed E-state index contributed by atoms with van der Waals surface area (Å²) < 4.78 is 24.7. The second-order valence-corrected chi connectivity index (χ2v) is 8.93. The molecule has 3 N–H and O–H groups in total. The Morgan fingerprint density at radius 2 is 2.14 bits per heavy atom. The van der Waals surface area contributed by atoms with E-state index >= 15 is 0 Å². The van der Waals surface area contributed by atoms with Crippen molar-refractivity contribution in [1.29, 1.82) is 5.26 Å². The standard InChI is InChI=1S/C25H28N6O5S/c1-4-16-5-6-19(35-8-7-26)22(11-16)37-30-24-23-20(33-2)9-17(10-21(23)36-29-24)14-31-15-18(13-28-31)12-27-25(32)34-3/h5-6,9-11,15,28H,4,8,12-14H2,1-3H3,(H,27,32)(H,29,30). The van der Waals surface area contributed by atoms with E-state index in [4.69, 9.17) is 19.3 Å². The van der Waals surface area contributed by atoms with Crippen LogP contribution < -0.4 is 24.9 Å². The molecule has 11 nitrogen and oxygen atoms in total. The maximum Gasteiger partial charge on any atom is 0.407 e. The van der Waals surface area contributed by atoms with Crippen LogP contribution in [0, 0.1) is 11.3 Å². The van der Waals surface area contributed by atoms with E-state index in [-0.39, 0.29) is 6.61 Å². The van der Waals surface area contributed by atoms with Gasteiger partial charge < -0.3 is 33.8 Å². The molecule has 1 aliphatic rings. The van der Waals surface area contributed by atoms with Gasteiger partial charge in [0.05, 0.1) is 25.7 Å². The fourth-order valence-electron chi connectivity index (χ4n) is 3.78. The normalized spacial score (nSPS) is 12.7. The lowest BCUT2D eigenvalue weighted by atomic mass is 10.1. The van der Waals surface area contributed by atoms with E-state index in [1.165, 1.54) is 19.1 Å². The van der Waals surface area contributed by atoms with Crippen molar-refractivity contribution in [1.82, 2.24) is 20.9 Å². The summed E-state index contributed by atoms with van der Waals surface area (Å²) in [5.41, 5.74) is 6.97. The van der Waals surface area contributed by atoms with E-state index in [0.717, 1.165) is 33.4 Å². The Morgan fingerprint density at radius 1 is 1.27 bits per heavy atom. The van der Waals surface area contributed by atoms with Gasteiger partial charge in [0.25, 0.3) is 0 Å². The molecule has 0 spiro atoms. The van der Waals surface area contributed by atoms with Crippen molar-refractivity contribution in [3.63, 3.8) is 0 Å². The number of hydrogen-bond acceptors (Lipinski definition) is 11. The van der Waals surface area contributed by atoms with E-state index in [1.54, 1.807) is 7.11 Å². The number of carbonyl (C=O) groups is 1. The molecule has 12 heteroatoms. The van der Waals surface area contributed by atoms with E-state index in [0.29, 0.717) is 42.5 Å². The summed E-state index contributed by atoms with van der Waals surface area (Å²) in [6, 6.07) is 11.7. The highest BCUT2D eigenvalue weighted by molar-refractivity contribution is 8.00. The number of aryl methyl sites for hydroxylation is 1. The minimum absolute atomic E-state index is 0.0349. The molecule has 0 radical (unpaired) electrons. The highest BCUT2D eigenvalue weighted by Gasteiger charge is 2.19. The van der Waals surface area contributed by atoms with E-state index in [9.17, 15) is 4.79 Å². The number of hydrogen-bond donors (Lipinski definition) is 3. The quantitative estimate of drug-likeness (QED) is 0.314. The molecule has 0 saturated heterocycles. The smallest absolute Gasteiger partial charge is 0.407 e. The Balaban J connectivity index is 1.49. The lowest BCUT2D eigenvalue weighted by molar-refractivity contribution is 0.172. The maximum absolute atomic E-state index is 11.3. The number of amides is 1. The van der Waals surface area contributed by atoms with Gasteiger partial charge in [0.15, 0.2) is 18.0 Å². The minimum atomic E-state index is -0.466. The van der Waals surface area contributed by atoms with Crippen molar-refractivity contribution in [3.05, 3.63) is 53.2 Å². The molecule has 2 aromatic carbocycles. The van der Waals surface area contributed by atoms with Crippen LogP contribution in [0.25, 0.3) is 11.0 Å². The Morgan fingerprint density at radius 3 is 2.89 bits per heavy atom.